The van der Waals surface area contributed by atoms with E-state index >= 15 is 0 Å². The highest BCUT2D eigenvalue weighted by atomic mass is 19.1. The molecule has 128 valence electrons. The van der Waals surface area contributed by atoms with Gasteiger partial charge in [0.1, 0.15) is 23.9 Å². The van der Waals surface area contributed by atoms with Crippen molar-refractivity contribution in [3.05, 3.63) is 59.9 Å². The number of halogens is 1. The number of nitrogens with one attached hydrogen (secondary N) is 2. The Morgan fingerprint density at radius 3 is 2.38 bits per heavy atom. The smallest absolute Gasteiger partial charge is 0.234 e. The summed E-state index contributed by atoms with van der Waals surface area (Å²) < 4.78 is 23.3. The van der Waals surface area contributed by atoms with Crippen LogP contribution in [0.15, 0.2) is 48.5 Å². The molecule has 0 atom stereocenters. The third kappa shape index (κ3) is 6.26. The largest absolute Gasteiger partial charge is 0.497 e. The summed E-state index contributed by atoms with van der Waals surface area (Å²) in [6, 6.07) is 13.4. The number of amides is 1. The zero-order valence-electron chi connectivity index (χ0n) is 13.5. The Morgan fingerprint density at radius 1 is 1.04 bits per heavy atom. The molecule has 0 radical (unpaired) electrons. The predicted octanol–water partition coefficient (Wildman–Crippen LogP) is 2.12. The fourth-order valence-corrected chi connectivity index (χ4v) is 2.02. The second-order valence-electron chi connectivity index (χ2n) is 5.10. The number of methoxy groups -OCH3 is 1. The maximum Gasteiger partial charge on any atom is 0.234 e. The fourth-order valence-electron chi connectivity index (χ4n) is 2.02. The van der Waals surface area contributed by atoms with Crippen molar-refractivity contribution in [1.29, 1.82) is 0 Å². The average molecular weight is 332 g/mol. The van der Waals surface area contributed by atoms with Crippen LogP contribution in [0, 0.1) is 5.82 Å². The fraction of sp³-hybridized carbons (Fsp3) is 0.278. The van der Waals surface area contributed by atoms with Crippen molar-refractivity contribution in [1.82, 2.24) is 10.6 Å². The van der Waals surface area contributed by atoms with Crippen molar-refractivity contribution in [3.8, 4) is 11.5 Å². The second kappa shape index (κ2) is 9.52. The number of hydrogen-bond acceptors (Lipinski definition) is 4. The summed E-state index contributed by atoms with van der Waals surface area (Å²) >= 11 is 0. The molecule has 0 spiro atoms. The van der Waals surface area contributed by atoms with Gasteiger partial charge in [-0.2, -0.15) is 0 Å². The molecule has 2 aromatic rings. The first-order valence-electron chi connectivity index (χ1n) is 7.66. The van der Waals surface area contributed by atoms with Crippen LogP contribution in [0.25, 0.3) is 0 Å². The van der Waals surface area contributed by atoms with Crippen molar-refractivity contribution in [2.45, 2.75) is 6.54 Å². The van der Waals surface area contributed by atoms with Gasteiger partial charge >= 0.3 is 0 Å². The van der Waals surface area contributed by atoms with Crippen LogP contribution in [-0.4, -0.2) is 32.7 Å². The van der Waals surface area contributed by atoms with E-state index in [-0.39, 0.29) is 18.3 Å². The lowest BCUT2D eigenvalue weighted by atomic mass is 10.2. The Morgan fingerprint density at radius 2 is 1.71 bits per heavy atom. The molecule has 0 aliphatic rings. The van der Waals surface area contributed by atoms with Gasteiger partial charge in [-0.15, -0.1) is 0 Å². The van der Waals surface area contributed by atoms with Crippen molar-refractivity contribution >= 4 is 5.91 Å². The molecule has 0 saturated carbocycles. The van der Waals surface area contributed by atoms with Crippen molar-refractivity contribution in [3.63, 3.8) is 0 Å². The minimum Gasteiger partial charge on any atom is -0.497 e. The zero-order valence-corrected chi connectivity index (χ0v) is 13.5. The van der Waals surface area contributed by atoms with Gasteiger partial charge in [0.25, 0.3) is 0 Å². The van der Waals surface area contributed by atoms with Crippen LogP contribution in [0.1, 0.15) is 5.56 Å². The molecular formula is C18H21FN2O3. The summed E-state index contributed by atoms with van der Waals surface area (Å²) in [5, 5.41) is 5.76. The van der Waals surface area contributed by atoms with Gasteiger partial charge in [-0.1, -0.05) is 12.1 Å². The number of benzene rings is 2. The third-order valence-corrected chi connectivity index (χ3v) is 3.28. The molecule has 0 saturated heterocycles. The van der Waals surface area contributed by atoms with Gasteiger partial charge in [-0.25, -0.2) is 4.39 Å². The quantitative estimate of drug-likeness (QED) is 0.691. The highest BCUT2D eigenvalue weighted by molar-refractivity contribution is 5.77. The van der Waals surface area contributed by atoms with Crippen molar-refractivity contribution in [2.75, 3.05) is 26.8 Å². The van der Waals surface area contributed by atoms with Crippen molar-refractivity contribution in [2.24, 2.45) is 0 Å². The average Bonchev–Trinajstić information content (AvgIpc) is 2.61. The topological polar surface area (TPSA) is 59.6 Å². The van der Waals surface area contributed by atoms with Crippen LogP contribution < -0.4 is 20.1 Å². The first kappa shape index (κ1) is 17.7. The molecule has 0 heterocycles. The van der Waals surface area contributed by atoms with E-state index in [4.69, 9.17) is 9.47 Å². The van der Waals surface area contributed by atoms with Gasteiger partial charge in [-0.3, -0.25) is 4.79 Å². The SMILES string of the molecule is COc1ccc(OCCNC(=O)CNCc2ccc(F)cc2)cc1. The van der Waals surface area contributed by atoms with Crippen LogP contribution in [0.5, 0.6) is 11.5 Å². The van der Waals surface area contributed by atoms with Crippen LogP contribution in [0.3, 0.4) is 0 Å². The van der Waals surface area contributed by atoms with Gasteiger partial charge in [0, 0.05) is 6.54 Å². The second-order valence-corrected chi connectivity index (χ2v) is 5.10. The summed E-state index contributed by atoms with van der Waals surface area (Å²) in [6.07, 6.45) is 0. The molecule has 0 aliphatic heterocycles. The lowest BCUT2D eigenvalue weighted by Crippen LogP contribution is -2.35. The number of carbonyl (C=O) groups excluding carboxylic acids is 1. The van der Waals surface area contributed by atoms with E-state index in [2.05, 4.69) is 10.6 Å². The van der Waals surface area contributed by atoms with E-state index in [0.29, 0.717) is 19.7 Å². The highest BCUT2D eigenvalue weighted by Gasteiger charge is 2.01. The van der Waals surface area contributed by atoms with Gasteiger partial charge < -0.3 is 20.1 Å². The van der Waals surface area contributed by atoms with Crippen LogP contribution in [-0.2, 0) is 11.3 Å². The normalized spacial score (nSPS) is 10.2. The third-order valence-electron chi connectivity index (χ3n) is 3.28. The van der Waals surface area contributed by atoms with E-state index in [0.717, 1.165) is 17.1 Å². The molecule has 0 fully saturated rings. The highest BCUT2D eigenvalue weighted by Crippen LogP contribution is 2.16. The summed E-state index contributed by atoms with van der Waals surface area (Å²) in [5.74, 6) is 1.10. The molecule has 2 aromatic carbocycles. The van der Waals surface area contributed by atoms with E-state index in [9.17, 15) is 9.18 Å². The van der Waals surface area contributed by atoms with Crippen LogP contribution >= 0.6 is 0 Å². The summed E-state index contributed by atoms with van der Waals surface area (Å²) in [5.41, 5.74) is 0.923. The zero-order chi connectivity index (χ0) is 17.2. The molecule has 24 heavy (non-hydrogen) atoms. The molecule has 2 rings (SSSR count). The molecule has 0 aromatic heterocycles. The monoisotopic (exact) mass is 332 g/mol. The first-order valence-corrected chi connectivity index (χ1v) is 7.66. The standard InChI is InChI=1S/C18H21FN2O3/c1-23-16-6-8-17(9-7-16)24-11-10-21-18(22)13-20-12-14-2-4-15(19)5-3-14/h2-9,20H,10-13H2,1H3,(H,21,22). The Balaban J connectivity index is 1.56. The maximum absolute atomic E-state index is 12.8. The van der Waals surface area contributed by atoms with Crippen LogP contribution in [0.2, 0.25) is 0 Å². The maximum atomic E-state index is 12.8. The van der Waals surface area contributed by atoms with Crippen molar-refractivity contribution < 1.29 is 18.7 Å². The molecule has 1 amide bonds. The van der Waals surface area contributed by atoms with E-state index in [1.165, 1.54) is 12.1 Å². The lowest BCUT2D eigenvalue weighted by molar-refractivity contribution is -0.120. The molecule has 5 nitrogen and oxygen atoms in total. The van der Waals surface area contributed by atoms with Gasteiger partial charge in [0.15, 0.2) is 0 Å². The Labute approximate surface area is 140 Å². The molecule has 0 aliphatic carbocycles. The van der Waals surface area contributed by atoms with Crippen LogP contribution in [0.4, 0.5) is 4.39 Å². The Kier molecular flexibility index (Phi) is 7.04. The van der Waals surface area contributed by atoms with Gasteiger partial charge in [-0.05, 0) is 42.0 Å². The Bertz CT molecular complexity index is 630. The van der Waals surface area contributed by atoms with E-state index in [1.54, 1.807) is 19.2 Å². The molecule has 2 N–H and O–H groups in total. The Hall–Kier alpha value is -2.60. The number of rotatable bonds is 9. The minimum absolute atomic E-state index is 0.115. The number of carbonyl (C=O) groups is 1. The predicted molar refractivity (Wildman–Crippen MR) is 89.6 cm³/mol. The lowest BCUT2D eigenvalue weighted by Gasteiger charge is -2.09. The van der Waals surface area contributed by atoms with E-state index < -0.39 is 0 Å². The number of ether oxygens (including phenoxy) is 2. The molecule has 6 heteroatoms. The van der Waals surface area contributed by atoms with Gasteiger partial charge in [0.2, 0.25) is 5.91 Å². The summed E-state index contributed by atoms with van der Waals surface area (Å²) in [7, 11) is 1.61. The molecule has 0 bridgehead atoms. The number of hydrogen-bond donors (Lipinski definition) is 2. The summed E-state index contributed by atoms with van der Waals surface area (Å²) in [4.78, 5) is 11.7. The molecule has 0 unspecified atom stereocenters. The summed E-state index contributed by atoms with van der Waals surface area (Å²) in [6.45, 7) is 1.51. The minimum atomic E-state index is -0.270. The molecular weight excluding hydrogens is 311 g/mol. The van der Waals surface area contributed by atoms with E-state index in [1.807, 2.05) is 24.3 Å². The first-order chi connectivity index (χ1) is 11.7. The van der Waals surface area contributed by atoms with Gasteiger partial charge in [0.05, 0.1) is 20.2 Å².